The van der Waals surface area contributed by atoms with Gasteiger partial charge in [0.2, 0.25) is 0 Å². The van der Waals surface area contributed by atoms with Crippen LogP contribution in [0.3, 0.4) is 0 Å². The van der Waals surface area contributed by atoms with E-state index >= 15 is 0 Å². The molecule has 0 saturated carbocycles. The molecule has 0 amide bonds. The van der Waals surface area contributed by atoms with Gasteiger partial charge in [-0.2, -0.15) is 0 Å². The number of nitrogens with zero attached hydrogens (tertiary/aromatic N) is 1. The van der Waals surface area contributed by atoms with Crippen molar-refractivity contribution < 1.29 is 0 Å². The van der Waals surface area contributed by atoms with Crippen molar-refractivity contribution in [3.8, 4) is 0 Å². The first-order valence-corrected chi connectivity index (χ1v) is 7.82. The molecule has 1 aromatic heterocycles. The lowest BCUT2D eigenvalue weighted by molar-refractivity contribution is 0.425. The summed E-state index contributed by atoms with van der Waals surface area (Å²) in [7, 11) is 0. The van der Waals surface area contributed by atoms with Crippen LogP contribution >= 0.6 is 23.2 Å². The summed E-state index contributed by atoms with van der Waals surface area (Å²) < 4.78 is 0. The summed E-state index contributed by atoms with van der Waals surface area (Å²) in [4.78, 5) is 4.25. The Kier molecular flexibility index (Phi) is 3.16. The zero-order chi connectivity index (χ0) is 14.4. The van der Waals surface area contributed by atoms with Gasteiger partial charge in [-0.05, 0) is 35.6 Å². The number of aromatic nitrogens is 1. The molecule has 0 fully saturated rings. The normalized spacial score (nSPS) is 26.1. The number of nitrogens with one attached hydrogen (secondary N) is 1. The van der Waals surface area contributed by atoms with Crippen LogP contribution in [-0.2, 0) is 0 Å². The average molecular weight is 317 g/mol. The number of benzene rings is 1. The highest BCUT2D eigenvalue weighted by atomic mass is 35.5. The Morgan fingerprint density at radius 2 is 2.10 bits per heavy atom. The molecule has 2 heterocycles. The summed E-state index contributed by atoms with van der Waals surface area (Å²) >= 11 is 12.6. The Morgan fingerprint density at radius 3 is 2.90 bits per heavy atom. The molecule has 0 bridgehead atoms. The number of anilines is 1. The molecule has 0 spiro atoms. The summed E-state index contributed by atoms with van der Waals surface area (Å²) in [5.41, 5.74) is 3.40. The third-order valence-corrected chi connectivity index (χ3v) is 5.27. The quantitative estimate of drug-likeness (QED) is 0.730. The van der Waals surface area contributed by atoms with Crippen LogP contribution in [0.15, 0.2) is 48.8 Å². The SMILES string of the molecule is Clc1ccc2c(c1Cl)NC(c1cccnc1)C1CC=CC21. The van der Waals surface area contributed by atoms with Gasteiger partial charge in [0.1, 0.15) is 0 Å². The Bertz CT molecular complexity index is 712. The molecule has 21 heavy (non-hydrogen) atoms. The van der Waals surface area contributed by atoms with Gasteiger partial charge >= 0.3 is 0 Å². The second-order valence-electron chi connectivity index (χ2n) is 5.59. The lowest BCUT2D eigenvalue weighted by Crippen LogP contribution is -2.29. The van der Waals surface area contributed by atoms with Crippen molar-refractivity contribution >= 4 is 28.9 Å². The molecule has 0 radical (unpaired) electrons. The van der Waals surface area contributed by atoms with Crippen molar-refractivity contribution in [1.82, 2.24) is 4.98 Å². The largest absolute Gasteiger partial charge is 0.376 e. The molecular weight excluding hydrogens is 303 g/mol. The highest BCUT2D eigenvalue weighted by Gasteiger charge is 2.38. The van der Waals surface area contributed by atoms with Crippen LogP contribution in [0.4, 0.5) is 5.69 Å². The predicted octanol–water partition coefficient (Wildman–Crippen LogP) is 5.21. The highest BCUT2D eigenvalue weighted by Crippen LogP contribution is 2.52. The molecule has 0 saturated heterocycles. The molecule has 4 rings (SSSR count). The van der Waals surface area contributed by atoms with Crippen molar-refractivity contribution in [1.29, 1.82) is 0 Å². The molecule has 2 nitrogen and oxygen atoms in total. The van der Waals surface area contributed by atoms with E-state index in [0.717, 1.165) is 12.1 Å². The molecular formula is C17H14Cl2N2. The number of rotatable bonds is 1. The van der Waals surface area contributed by atoms with Gasteiger partial charge < -0.3 is 5.32 Å². The van der Waals surface area contributed by atoms with Crippen molar-refractivity contribution in [3.63, 3.8) is 0 Å². The molecule has 4 heteroatoms. The van der Waals surface area contributed by atoms with Crippen LogP contribution in [0.25, 0.3) is 0 Å². The predicted molar refractivity (Wildman–Crippen MR) is 87.1 cm³/mol. The fourth-order valence-corrected chi connectivity index (χ4v) is 3.88. The van der Waals surface area contributed by atoms with E-state index in [0.29, 0.717) is 21.9 Å². The summed E-state index contributed by atoms with van der Waals surface area (Å²) in [5, 5.41) is 4.80. The molecule has 2 aliphatic rings. The van der Waals surface area contributed by atoms with Crippen LogP contribution in [0.1, 0.15) is 29.5 Å². The lowest BCUT2D eigenvalue weighted by atomic mass is 9.77. The maximum Gasteiger partial charge on any atom is 0.0826 e. The summed E-state index contributed by atoms with van der Waals surface area (Å²) in [6.07, 6.45) is 9.35. The van der Waals surface area contributed by atoms with Gasteiger partial charge in [0.25, 0.3) is 0 Å². The van der Waals surface area contributed by atoms with Gasteiger partial charge in [0.15, 0.2) is 0 Å². The fourth-order valence-electron chi connectivity index (χ4n) is 3.49. The van der Waals surface area contributed by atoms with Crippen molar-refractivity contribution in [2.45, 2.75) is 18.4 Å². The van der Waals surface area contributed by atoms with Gasteiger partial charge in [-0.15, -0.1) is 0 Å². The highest BCUT2D eigenvalue weighted by molar-refractivity contribution is 6.43. The van der Waals surface area contributed by atoms with Gasteiger partial charge in [0, 0.05) is 18.3 Å². The monoisotopic (exact) mass is 316 g/mol. The first kappa shape index (κ1) is 13.2. The third kappa shape index (κ3) is 2.05. The lowest BCUT2D eigenvalue weighted by Gasteiger charge is -2.37. The van der Waals surface area contributed by atoms with E-state index in [9.17, 15) is 0 Å². The van der Waals surface area contributed by atoms with Gasteiger partial charge in [-0.1, -0.05) is 47.5 Å². The van der Waals surface area contributed by atoms with E-state index in [4.69, 9.17) is 23.2 Å². The third-order valence-electron chi connectivity index (χ3n) is 4.47. The van der Waals surface area contributed by atoms with Crippen molar-refractivity contribution in [2.75, 3.05) is 5.32 Å². The minimum absolute atomic E-state index is 0.210. The topological polar surface area (TPSA) is 24.9 Å². The van der Waals surface area contributed by atoms with E-state index in [1.807, 2.05) is 18.3 Å². The van der Waals surface area contributed by atoms with Crippen LogP contribution in [0.5, 0.6) is 0 Å². The average Bonchev–Trinajstić information content (AvgIpc) is 3.00. The Hall–Kier alpha value is -1.51. The van der Waals surface area contributed by atoms with Crippen LogP contribution < -0.4 is 5.32 Å². The van der Waals surface area contributed by atoms with E-state index in [1.54, 1.807) is 6.20 Å². The van der Waals surface area contributed by atoms with E-state index < -0.39 is 0 Å². The maximum absolute atomic E-state index is 6.42. The standard InChI is InChI=1S/C17H14Cl2N2/c18-14-7-6-13-11-4-1-5-12(11)16(21-17(13)15(14)19)10-3-2-8-20-9-10/h1-4,6-9,11-12,16,21H,5H2. The number of hydrogen-bond donors (Lipinski definition) is 1. The van der Waals surface area contributed by atoms with E-state index in [-0.39, 0.29) is 6.04 Å². The Balaban J connectivity index is 1.85. The minimum Gasteiger partial charge on any atom is -0.376 e. The number of fused-ring (bicyclic) bond motifs is 3. The van der Waals surface area contributed by atoms with Crippen molar-refractivity contribution in [2.24, 2.45) is 5.92 Å². The minimum atomic E-state index is 0.210. The van der Waals surface area contributed by atoms with Gasteiger partial charge in [0.05, 0.1) is 21.8 Å². The summed E-state index contributed by atoms with van der Waals surface area (Å²) in [6, 6.07) is 8.27. The first-order valence-electron chi connectivity index (χ1n) is 7.06. The molecule has 106 valence electrons. The molecule has 1 N–H and O–H groups in total. The Morgan fingerprint density at radius 1 is 1.19 bits per heavy atom. The first-order chi connectivity index (χ1) is 10.3. The number of halogens is 2. The molecule has 1 aromatic carbocycles. The molecule has 1 aliphatic heterocycles. The smallest absolute Gasteiger partial charge is 0.0826 e. The summed E-state index contributed by atoms with van der Waals surface area (Å²) in [5.74, 6) is 0.889. The van der Waals surface area contributed by atoms with Crippen LogP contribution in [-0.4, -0.2) is 4.98 Å². The molecule has 1 aliphatic carbocycles. The van der Waals surface area contributed by atoms with E-state index in [2.05, 4.69) is 34.6 Å². The molecule has 3 atom stereocenters. The zero-order valence-electron chi connectivity index (χ0n) is 11.3. The van der Waals surface area contributed by atoms with Crippen LogP contribution in [0, 0.1) is 5.92 Å². The number of pyridine rings is 1. The molecule has 2 aromatic rings. The fraction of sp³-hybridized carbons (Fsp3) is 0.235. The second-order valence-corrected chi connectivity index (χ2v) is 6.37. The van der Waals surface area contributed by atoms with Gasteiger partial charge in [-0.25, -0.2) is 0 Å². The second kappa shape index (κ2) is 5.04. The van der Waals surface area contributed by atoms with E-state index in [1.165, 1.54) is 11.1 Å². The summed E-state index contributed by atoms with van der Waals surface area (Å²) in [6.45, 7) is 0. The Labute approximate surface area is 133 Å². The maximum atomic E-state index is 6.42. The number of hydrogen-bond acceptors (Lipinski definition) is 2. The molecule has 3 unspecified atom stereocenters. The zero-order valence-corrected chi connectivity index (χ0v) is 12.8. The van der Waals surface area contributed by atoms with Crippen LogP contribution in [0.2, 0.25) is 10.0 Å². The van der Waals surface area contributed by atoms with Crippen molar-refractivity contribution in [3.05, 3.63) is 70.0 Å². The number of allylic oxidation sites excluding steroid dienone is 2. The van der Waals surface area contributed by atoms with Gasteiger partial charge in [-0.3, -0.25) is 4.98 Å².